The van der Waals surface area contributed by atoms with E-state index in [1.807, 2.05) is 6.07 Å². The topological polar surface area (TPSA) is 78.7 Å². The Labute approximate surface area is 97.8 Å². The third kappa shape index (κ3) is 2.63. The quantitative estimate of drug-likeness (QED) is 0.840. The van der Waals surface area contributed by atoms with Crippen LogP contribution in [0.2, 0.25) is 0 Å². The van der Waals surface area contributed by atoms with Gasteiger partial charge in [0.2, 0.25) is 0 Å². The zero-order valence-electron chi connectivity index (χ0n) is 8.79. The fourth-order valence-electron chi connectivity index (χ4n) is 1.22. The number of aromatic nitrogens is 2. The van der Waals surface area contributed by atoms with Crippen molar-refractivity contribution in [1.29, 1.82) is 5.26 Å². The summed E-state index contributed by atoms with van der Waals surface area (Å²) in [6.45, 7) is 0. The first-order chi connectivity index (χ1) is 8.29. The number of rotatable bonds is 2. The summed E-state index contributed by atoms with van der Waals surface area (Å²) in [5.74, 6) is 0.169. The summed E-state index contributed by atoms with van der Waals surface area (Å²) >= 11 is 0. The molecule has 0 spiro atoms. The van der Waals surface area contributed by atoms with Gasteiger partial charge in [-0.1, -0.05) is 6.07 Å². The van der Waals surface area contributed by atoms with Crippen LogP contribution in [0.25, 0.3) is 0 Å². The zero-order valence-corrected chi connectivity index (χ0v) is 8.79. The van der Waals surface area contributed by atoms with Gasteiger partial charge in [0, 0.05) is 12.4 Å². The van der Waals surface area contributed by atoms with Gasteiger partial charge < -0.3 is 5.32 Å². The molecule has 17 heavy (non-hydrogen) atoms. The second-order valence-corrected chi connectivity index (χ2v) is 3.21. The molecule has 0 aliphatic carbocycles. The van der Waals surface area contributed by atoms with Crippen LogP contribution in [0.15, 0.2) is 42.7 Å². The van der Waals surface area contributed by atoms with Crippen molar-refractivity contribution in [3.05, 3.63) is 54.0 Å². The average Bonchev–Trinajstić information content (AvgIpc) is 2.40. The maximum absolute atomic E-state index is 11.7. The molecule has 0 saturated carbocycles. The van der Waals surface area contributed by atoms with E-state index in [1.54, 1.807) is 30.5 Å². The molecule has 0 aliphatic rings. The van der Waals surface area contributed by atoms with Crippen molar-refractivity contribution in [3.63, 3.8) is 0 Å². The number of nitriles is 1. The lowest BCUT2D eigenvalue weighted by atomic mass is 10.2. The van der Waals surface area contributed by atoms with E-state index >= 15 is 0 Å². The fourth-order valence-corrected chi connectivity index (χ4v) is 1.22. The van der Waals surface area contributed by atoms with Gasteiger partial charge in [-0.2, -0.15) is 5.26 Å². The van der Waals surface area contributed by atoms with Crippen LogP contribution in [0.5, 0.6) is 0 Å². The summed E-state index contributed by atoms with van der Waals surface area (Å²) in [7, 11) is 0. The van der Waals surface area contributed by atoms with Gasteiger partial charge in [0.25, 0.3) is 5.91 Å². The fraction of sp³-hybridized carbons (Fsp3) is 0. The van der Waals surface area contributed by atoms with E-state index in [0.29, 0.717) is 11.4 Å². The van der Waals surface area contributed by atoms with Crippen LogP contribution in [-0.4, -0.2) is 15.9 Å². The van der Waals surface area contributed by atoms with Crippen LogP contribution in [-0.2, 0) is 0 Å². The normalized spacial score (nSPS) is 9.35. The standard InChI is InChI=1S/C12H8N4O/c13-7-10-5-4-9(8-15-10)12(17)16-11-3-1-2-6-14-11/h1-6,8H,(H,14,16,17). The first kappa shape index (κ1) is 10.8. The van der Waals surface area contributed by atoms with E-state index in [9.17, 15) is 4.79 Å². The van der Waals surface area contributed by atoms with Crippen LogP contribution in [0.4, 0.5) is 5.82 Å². The molecule has 0 atom stereocenters. The van der Waals surface area contributed by atoms with Crippen molar-refractivity contribution in [2.45, 2.75) is 0 Å². The van der Waals surface area contributed by atoms with E-state index in [1.165, 1.54) is 12.3 Å². The Hall–Kier alpha value is -2.74. The number of pyridine rings is 2. The lowest BCUT2D eigenvalue weighted by Gasteiger charge is -2.03. The molecule has 0 unspecified atom stereocenters. The van der Waals surface area contributed by atoms with Crippen LogP contribution in [0.3, 0.4) is 0 Å². The molecule has 2 rings (SSSR count). The second-order valence-electron chi connectivity index (χ2n) is 3.21. The molecule has 0 radical (unpaired) electrons. The predicted octanol–water partition coefficient (Wildman–Crippen LogP) is 1.60. The number of anilines is 1. The lowest BCUT2D eigenvalue weighted by molar-refractivity contribution is 0.102. The van der Waals surface area contributed by atoms with E-state index in [0.717, 1.165) is 0 Å². The monoisotopic (exact) mass is 224 g/mol. The Morgan fingerprint density at radius 1 is 1.24 bits per heavy atom. The smallest absolute Gasteiger partial charge is 0.258 e. The molecule has 2 heterocycles. The van der Waals surface area contributed by atoms with Crippen LogP contribution < -0.4 is 5.32 Å². The Morgan fingerprint density at radius 3 is 2.71 bits per heavy atom. The summed E-state index contributed by atoms with van der Waals surface area (Å²) < 4.78 is 0. The van der Waals surface area contributed by atoms with Crippen LogP contribution >= 0.6 is 0 Å². The van der Waals surface area contributed by atoms with Gasteiger partial charge in [-0.15, -0.1) is 0 Å². The van der Waals surface area contributed by atoms with Gasteiger partial charge in [-0.05, 0) is 24.3 Å². The lowest BCUT2D eigenvalue weighted by Crippen LogP contribution is -2.13. The number of hydrogen-bond donors (Lipinski definition) is 1. The molecule has 5 nitrogen and oxygen atoms in total. The van der Waals surface area contributed by atoms with Crippen molar-refractivity contribution < 1.29 is 4.79 Å². The van der Waals surface area contributed by atoms with Crippen LogP contribution in [0.1, 0.15) is 16.1 Å². The number of nitrogens with one attached hydrogen (secondary N) is 1. The van der Waals surface area contributed by atoms with Crippen molar-refractivity contribution in [2.24, 2.45) is 0 Å². The Bertz CT molecular complexity index is 557. The van der Waals surface area contributed by atoms with Gasteiger partial charge in [0.1, 0.15) is 17.6 Å². The summed E-state index contributed by atoms with van der Waals surface area (Å²) in [5, 5.41) is 11.2. The highest BCUT2D eigenvalue weighted by Crippen LogP contribution is 2.05. The molecule has 0 aliphatic heterocycles. The Balaban J connectivity index is 2.13. The SMILES string of the molecule is N#Cc1ccc(C(=O)Nc2ccccn2)cn1. The first-order valence-electron chi connectivity index (χ1n) is 4.88. The molecule has 5 heteroatoms. The number of carbonyl (C=O) groups excluding carboxylic acids is 1. The highest BCUT2D eigenvalue weighted by Gasteiger charge is 2.06. The van der Waals surface area contributed by atoms with Gasteiger partial charge in [0.05, 0.1) is 5.56 Å². The summed E-state index contributed by atoms with van der Waals surface area (Å²) in [4.78, 5) is 19.5. The largest absolute Gasteiger partial charge is 0.307 e. The number of amides is 1. The van der Waals surface area contributed by atoms with Gasteiger partial charge in [-0.3, -0.25) is 4.79 Å². The molecule has 0 saturated heterocycles. The molecule has 2 aromatic rings. The van der Waals surface area contributed by atoms with Crippen molar-refractivity contribution in [3.8, 4) is 6.07 Å². The molecule has 0 aromatic carbocycles. The Kier molecular flexibility index (Phi) is 3.08. The summed E-state index contributed by atoms with van der Waals surface area (Å²) in [6, 6.07) is 10.2. The summed E-state index contributed by atoms with van der Waals surface area (Å²) in [5.41, 5.74) is 0.661. The highest BCUT2D eigenvalue weighted by atomic mass is 16.1. The molecule has 0 fully saturated rings. The molecule has 1 amide bonds. The maximum atomic E-state index is 11.7. The number of hydrogen-bond acceptors (Lipinski definition) is 4. The average molecular weight is 224 g/mol. The molecule has 1 N–H and O–H groups in total. The maximum Gasteiger partial charge on any atom is 0.258 e. The van der Waals surface area contributed by atoms with Gasteiger partial charge in [-0.25, -0.2) is 9.97 Å². The van der Waals surface area contributed by atoms with E-state index in [-0.39, 0.29) is 11.6 Å². The van der Waals surface area contributed by atoms with Crippen molar-refractivity contribution in [2.75, 3.05) is 5.32 Å². The van der Waals surface area contributed by atoms with Gasteiger partial charge >= 0.3 is 0 Å². The minimum Gasteiger partial charge on any atom is -0.307 e. The number of nitrogens with zero attached hydrogens (tertiary/aromatic N) is 3. The van der Waals surface area contributed by atoms with E-state index in [2.05, 4.69) is 15.3 Å². The number of carbonyl (C=O) groups is 1. The molecular weight excluding hydrogens is 216 g/mol. The predicted molar refractivity (Wildman–Crippen MR) is 61.1 cm³/mol. The molecular formula is C12H8N4O. The molecule has 82 valence electrons. The van der Waals surface area contributed by atoms with Crippen LogP contribution in [0, 0.1) is 11.3 Å². The minimum absolute atomic E-state index is 0.277. The first-order valence-corrected chi connectivity index (χ1v) is 4.88. The minimum atomic E-state index is -0.305. The zero-order chi connectivity index (χ0) is 12.1. The molecule has 0 bridgehead atoms. The van der Waals surface area contributed by atoms with Crippen molar-refractivity contribution >= 4 is 11.7 Å². The van der Waals surface area contributed by atoms with Crippen molar-refractivity contribution in [1.82, 2.24) is 9.97 Å². The molecule has 2 aromatic heterocycles. The Morgan fingerprint density at radius 2 is 2.12 bits per heavy atom. The highest BCUT2D eigenvalue weighted by molar-refractivity contribution is 6.03. The van der Waals surface area contributed by atoms with E-state index in [4.69, 9.17) is 5.26 Å². The van der Waals surface area contributed by atoms with Gasteiger partial charge in [0.15, 0.2) is 0 Å². The second kappa shape index (κ2) is 4.86. The third-order valence-corrected chi connectivity index (χ3v) is 2.05. The summed E-state index contributed by atoms with van der Waals surface area (Å²) in [6.07, 6.45) is 2.95. The third-order valence-electron chi connectivity index (χ3n) is 2.05. The van der Waals surface area contributed by atoms with E-state index < -0.39 is 0 Å².